The van der Waals surface area contributed by atoms with Gasteiger partial charge in [-0.05, 0) is 45.1 Å². The van der Waals surface area contributed by atoms with Crippen molar-refractivity contribution in [1.29, 1.82) is 0 Å². The molecule has 0 N–H and O–H groups in total. The van der Waals surface area contributed by atoms with Gasteiger partial charge in [-0.3, -0.25) is 4.79 Å². The van der Waals surface area contributed by atoms with Gasteiger partial charge in [-0.2, -0.15) is 5.10 Å². The van der Waals surface area contributed by atoms with Crippen molar-refractivity contribution in [1.82, 2.24) is 19.6 Å². The molecular formula is C20H22Cl2N4OS. The minimum Gasteiger partial charge on any atom is -0.337 e. The van der Waals surface area contributed by atoms with Gasteiger partial charge < -0.3 is 9.80 Å². The van der Waals surface area contributed by atoms with Crippen LogP contribution in [0.25, 0.3) is 10.2 Å². The molecule has 0 unspecified atom stereocenters. The minimum atomic E-state index is 0.109. The lowest BCUT2D eigenvalue weighted by molar-refractivity contribution is 0.0767. The van der Waals surface area contributed by atoms with Gasteiger partial charge in [0.15, 0.2) is 0 Å². The minimum absolute atomic E-state index is 0.109. The number of aryl methyl sites for hydroxylation is 1. The number of thiophene rings is 1. The summed E-state index contributed by atoms with van der Waals surface area (Å²) in [6, 6.07) is 7.47. The zero-order valence-corrected chi connectivity index (χ0v) is 18.2. The third-order valence-corrected chi connectivity index (χ3v) is 7.04. The molecule has 0 radical (unpaired) electrons. The number of likely N-dealkylation sites (N-methyl/N-ethyl adjacent to an activating group) is 1. The van der Waals surface area contributed by atoms with Crippen LogP contribution in [0.15, 0.2) is 24.3 Å². The van der Waals surface area contributed by atoms with Crippen molar-refractivity contribution in [2.45, 2.75) is 19.9 Å². The van der Waals surface area contributed by atoms with Gasteiger partial charge in [-0.15, -0.1) is 11.3 Å². The van der Waals surface area contributed by atoms with Crippen LogP contribution in [0.2, 0.25) is 10.0 Å². The molecule has 0 spiro atoms. The molecule has 8 heteroatoms. The molecule has 148 valence electrons. The molecule has 1 saturated heterocycles. The van der Waals surface area contributed by atoms with Crippen molar-refractivity contribution in [2.75, 3.05) is 33.2 Å². The van der Waals surface area contributed by atoms with E-state index in [1.165, 1.54) is 11.3 Å². The third kappa shape index (κ3) is 3.79. The summed E-state index contributed by atoms with van der Waals surface area (Å²) >= 11 is 14.2. The van der Waals surface area contributed by atoms with E-state index in [0.717, 1.165) is 59.0 Å². The van der Waals surface area contributed by atoms with Crippen LogP contribution in [-0.2, 0) is 6.54 Å². The molecule has 3 heterocycles. The van der Waals surface area contributed by atoms with E-state index in [2.05, 4.69) is 17.0 Å². The van der Waals surface area contributed by atoms with Gasteiger partial charge in [0.1, 0.15) is 4.83 Å². The van der Waals surface area contributed by atoms with Crippen molar-refractivity contribution in [3.63, 3.8) is 0 Å². The molecule has 5 nitrogen and oxygen atoms in total. The fraction of sp³-hybridized carbons (Fsp3) is 0.400. The Kier molecular flexibility index (Phi) is 5.65. The Morgan fingerprint density at radius 1 is 1.18 bits per heavy atom. The molecule has 3 aromatic rings. The number of aromatic nitrogens is 2. The second kappa shape index (κ2) is 8.03. The maximum absolute atomic E-state index is 13.1. The van der Waals surface area contributed by atoms with Crippen LogP contribution in [-0.4, -0.2) is 58.7 Å². The summed E-state index contributed by atoms with van der Waals surface area (Å²) in [6.07, 6.45) is 1.00. The summed E-state index contributed by atoms with van der Waals surface area (Å²) in [4.78, 5) is 19.0. The molecule has 2 aromatic heterocycles. The number of carbonyl (C=O) groups excluding carboxylic acids is 1. The summed E-state index contributed by atoms with van der Waals surface area (Å²) in [7, 11) is 2.10. The highest BCUT2D eigenvalue weighted by molar-refractivity contribution is 7.20. The molecule has 1 aromatic carbocycles. The highest BCUT2D eigenvalue weighted by atomic mass is 35.5. The maximum atomic E-state index is 13.1. The zero-order valence-electron chi connectivity index (χ0n) is 15.9. The van der Waals surface area contributed by atoms with Crippen molar-refractivity contribution in [2.24, 2.45) is 0 Å². The number of hydrogen-bond acceptors (Lipinski definition) is 4. The topological polar surface area (TPSA) is 41.4 Å². The zero-order chi connectivity index (χ0) is 19.8. The Hall–Kier alpha value is -1.60. The van der Waals surface area contributed by atoms with Crippen molar-refractivity contribution < 1.29 is 4.79 Å². The summed E-state index contributed by atoms with van der Waals surface area (Å²) in [5, 5.41) is 6.90. The Balaban J connectivity index is 1.64. The molecular weight excluding hydrogens is 415 g/mol. The largest absolute Gasteiger partial charge is 0.337 e. The van der Waals surface area contributed by atoms with Gasteiger partial charge in [0.2, 0.25) is 0 Å². The number of rotatable bonds is 3. The number of fused-ring (bicyclic) bond motifs is 1. The monoisotopic (exact) mass is 436 g/mol. The quantitative estimate of drug-likeness (QED) is 0.604. The third-order valence-electron chi connectivity index (χ3n) is 5.19. The van der Waals surface area contributed by atoms with E-state index in [-0.39, 0.29) is 5.91 Å². The van der Waals surface area contributed by atoms with Crippen LogP contribution in [0.3, 0.4) is 0 Å². The Morgan fingerprint density at radius 2 is 1.93 bits per heavy atom. The second-order valence-corrected chi connectivity index (χ2v) is 9.07. The van der Waals surface area contributed by atoms with Crippen LogP contribution in [0.4, 0.5) is 0 Å². The van der Waals surface area contributed by atoms with Gasteiger partial charge >= 0.3 is 0 Å². The van der Waals surface area contributed by atoms with E-state index < -0.39 is 0 Å². The molecule has 1 amide bonds. The number of carbonyl (C=O) groups is 1. The van der Waals surface area contributed by atoms with E-state index in [0.29, 0.717) is 16.6 Å². The first-order valence-corrected chi connectivity index (χ1v) is 10.9. The first kappa shape index (κ1) is 19.7. The first-order valence-electron chi connectivity index (χ1n) is 9.31. The lowest BCUT2D eigenvalue weighted by Crippen LogP contribution is -2.34. The number of benzene rings is 1. The van der Waals surface area contributed by atoms with Gasteiger partial charge in [-0.1, -0.05) is 29.3 Å². The fourth-order valence-corrected chi connectivity index (χ4v) is 5.21. The van der Waals surface area contributed by atoms with E-state index in [1.807, 2.05) is 40.8 Å². The molecule has 0 atom stereocenters. The number of amides is 1. The normalized spacial score (nSPS) is 15.9. The van der Waals surface area contributed by atoms with Gasteiger partial charge in [0, 0.05) is 40.6 Å². The summed E-state index contributed by atoms with van der Waals surface area (Å²) in [6.45, 7) is 5.96. The van der Waals surface area contributed by atoms with Crippen LogP contribution in [0, 0.1) is 6.92 Å². The Labute approximate surface area is 178 Å². The van der Waals surface area contributed by atoms with Crippen LogP contribution in [0.5, 0.6) is 0 Å². The number of halogens is 2. The molecule has 1 fully saturated rings. The van der Waals surface area contributed by atoms with Crippen molar-refractivity contribution in [3.05, 3.63) is 50.4 Å². The standard InChI is InChI=1S/C20H22Cl2N4OS/c1-13-14-11-18(19(27)25-8-4-7-24(2)9-10-25)28-20(14)26(23-13)12-15-16(21)5-3-6-17(15)22/h3,5-6,11H,4,7-10,12H2,1-2H3. The van der Waals surface area contributed by atoms with E-state index in [1.54, 1.807) is 0 Å². The summed E-state index contributed by atoms with van der Waals surface area (Å²) in [5.74, 6) is 0.109. The Morgan fingerprint density at radius 3 is 2.68 bits per heavy atom. The summed E-state index contributed by atoms with van der Waals surface area (Å²) in [5.41, 5.74) is 1.75. The van der Waals surface area contributed by atoms with Crippen LogP contribution in [0.1, 0.15) is 27.3 Å². The van der Waals surface area contributed by atoms with Crippen molar-refractivity contribution >= 4 is 50.7 Å². The molecule has 1 aliphatic rings. The van der Waals surface area contributed by atoms with Gasteiger partial charge in [0.25, 0.3) is 5.91 Å². The second-order valence-electron chi connectivity index (χ2n) is 7.22. The average Bonchev–Trinajstić information content (AvgIpc) is 3.14. The molecule has 28 heavy (non-hydrogen) atoms. The lowest BCUT2D eigenvalue weighted by atomic mass is 10.2. The van der Waals surface area contributed by atoms with Gasteiger partial charge in [-0.25, -0.2) is 4.68 Å². The fourth-order valence-electron chi connectivity index (χ4n) is 3.56. The van der Waals surface area contributed by atoms with E-state index in [4.69, 9.17) is 23.2 Å². The van der Waals surface area contributed by atoms with Gasteiger partial charge in [0.05, 0.1) is 17.1 Å². The predicted octanol–water partition coefficient (Wildman–Crippen LogP) is 4.54. The first-order chi connectivity index (χ1) is 13.4. The van der Waals surface area contributed by atoms with E-state index in [9.17, 15) is 4.79 Å². The SMILES string of the molecule is Cc1nn(Cc2c(Cl)cccc2Cl)c2sc(C(=O)N3CCCN(C)CC3)cc12. The number of nitrogens with zero attached hydrogens (tertiary/aromatic N) is 4. The predicted molar refractivity (Wildman–Crippen MR) is 116 cm³/mol. The summed E-state index contributed by atoms with van der Waals surface area (Å²) < 4.78 is 1.90. The number of hydrogen-bond donors (Lipinski definition) is 0. The maximum Gasteiger partial charge on any atom is 0.264 e. The highest BCUT2D eigenvalue weighted by Crippen LogP contribution is 2.32. The highest BCUT2D eigenvalue weighted by Gasteiger charge is 2.23. The molecule has 4 rings (SSSR count). The lowest BCUT2D eigenvalue weighted by Gasteiger charge is -2.19. The molecule has 0 aliphatic carbocycles. The molecule has 0 bridgehead atoms. The smallest absolute Gasteiger partial charge is 0.264 e. The van der Waals surface area contributed by atoms with Crippen molar-refractivity contribution in [3.8, 4) is 0 Å². The van der Waals surface area contributed by atoms with E-state index >= 15 is 0 Å². The molecule has 1 aliphatic heterocycles. The van der Waals surface area contributed by atoms with Crippen LogP contribution < -0.4 is 0 Å². The average molecular weight is 437 g/mol. The Bertz CT molecular complexity index is 1010. The van der Waals surface area contributed by atoms with Crippen LogP contribution >= 0.6 is 34.5 Å². The molecule has 0 saturated carbocycles.